The van der Waals surface area contributed by atoms with Crippen LogP contribution in [0.3, 0.4) is 0 Å². The second-order valence-corrected chi connectivity index (χ2v) is 7.49. The number of benzene rings is 3. The zero-order chi connectivity index (χ0) is 21.0. The lowest BCUT2D eigenvalue weighted by Gasteiger charge is -2.15. The van der Waals surface area contributed by atoms with Crippen LogP contribution in [0.2, 0.25) is 0 Å². The van der Waals surface area contributed by atoms with Gasteiger partial charge in [0.2, 0.25) is 0 Å². The summed E-state index contributed by atoms with van der Waals surface area (Å²) in [7, 11) is 0. The molecule has 0 radical (unpaired) electrons. The third-order valence-electron chi connectivity index (χ3n) is 4.88. The van der Waals surface area contributed by atoms with Crippen molar-refractivity contribution in [1.82, 2.24) is 0 Å². The number of aryl methyl sites for hydroxylation is 1. The van der Waals surface area contributed by atoms with Gasteiger partial charge in [-0.2, -0.15) is 13.2 Å². The highest BCUT2D eigenvalue weighted by atomic mass is 19.4. The molecule has 150 valence electrons. The molecule has 0 aromatic heterocycles. The Kier molecular flexibility index (Phi) is 6.26. The van der Waals surface area contributed by atoms with Crippen molar-refractivity contribution in [2.24, 2.45) is 5.92 Å². The SMILES string of the molecule is CCc1cc(-c2cccc(/C(=C/C(C)C)c3ccccc3)c2)ccc1C(F)(F)F. The fraction of sp³-hybridized carbons (Fsp3) is 0.231. The zero-order valence-electron chi connectivity index (χ0n) is 16.9. The Balaban J connectivity index is 2.07. The maximum Gasteiger partial charge on any atom is 0.416 e. The van der Waals surface area contributed by atoms with Gasteiger partial charge in [0.15, 0.2) is 0 Å². The van der Waals surface area contributed by atoms with Crippen molar-refractivity contribution in [2.75, 3.05) is 0 Å². The van der Waals surface area contributed by atoms with Crippen LogP contribution in [0.1, 0.15) is 43.0 Å². The average Bonchev–Trinajstić information content (AvgIpc) is 2.71. The Bertz CT molecular complexity index is 996. The van der Waals surface area contributed by atoms with Gasteiger partial charge in [0.1, 0.15) is 0 Å². The monoisotopic (exact) mass is 394 g/mol. The molecule has 0 saturated heterocycles. The number of alkyl halides is 3. The number of allylic oxidation sites excluding steroid dienone is 1. The first kappa shape index (κ1) is 20.9. The topological polar surface area (TPSA) is 0 Å². The van der Waals surface area contributed by atoms with Crippen LogP contribution in [-0.2, 0) is 12.6 Å². The minimum absolute atomic E-state index is 0.321. The summed E-state index contributed by atoms with van der Waals surface area (Å²) in [5, 5.41) is 0. The van der Waals surface area contributed by atoms with Crippen molar-refractivity contribution < 1.29 is 13.2 Å². The Morgan fingerprint density at radius 1 is 0.828 bits per heavy atom. The van der Waals surface area contributed by atoms with Crippen LogP contribution in [0.4, 0.5) is 13.2 Å². The first-order chi connectivity index (χ1) is 13.8. The lowest BCUT2D eigenvalue weighted by Crippen LogP contribution is -2.08. The molecule has 0 atom stereocenters. The highest BCUT2D eigenvalue weighted by molar-refractivity contribution is 5.82. The van der Waals surface area contributed by atoms with Crippen LogP contribution in [0.15, 0.2) is 78.9 Å². The molecule has 0 aliphatic rings. The van der Waals surface area contributed by atoms with Crippen molar-refractivity contribution in [1.29, 1.82) is 0 Å². The molecule has 3 aromatic rings. The number of hydrogen-bond donors (Lipinski definition) is 0. The van der Waals surface area contributed by atoms with E-state index in [9.17, 15) is 13.2 Å². The molecule has 0 bridgehead atoms. The molecule has 0 N–H and O–H groups in total. The number of hydrogen-bond acceptors (Lipinski definition) is 0. The lowest BCUT2D eigenvalue weighted by atomic mass is 9.91. The number of rotatable bonds is 5. The van der Waals surface area contributed by atoms with Gasteiger partial charge in [-0.15, -0.1) is 0 Å². The summed E-state index contributed by atoms with van der Waals surface area (Å²) in [6.07, 6.45) is -1.77. The smallest absolute Gasteiger partial charge is 0.166 e. The van der Waals surface area contributed by atoms with E-state index in [1.54, 1.807) is 19.1 Å². The molecule has 0 fully saturated rings. The molecule has 0 saturated carbocycles. The van der Waals surface area contributed by atoms with Crippen molar-refractivity contribution in [3.05, 3.63) is 101 Å². The van der Waals surface area contributed by atoms with E-state index in [1.165, 1.54) is 6.07 Å². The first-order valence-electron chi connectivity index (χ1n) is 9.87. The van der Waals surface area contributed by atoms with E-state index in [2.05, 4.69) is 44.2 Å². The predicted molar refractivity (Wildman–Crippen MR) is 115 cm³/mol. The third-order valence-corrected chi connectivity index (χ3v) is 4.88. The van der Waals surface area contributed by atoms with E-state index in [1.807, 2.05) is 30.3 Å². The van der Waals surface area contributed by atoms with Gasteiger partial charge in [0.25, 0.3) is 0 Å². The van der Waals surface area contributed by atoms with Crippen LogP contribution >= 0.6 is 0 Å². The van der Waals surface area contributed by atoms with E-state index < -0.39 is 11.7 Å². The van der Waals surface area contributed by atoms with E-state index in [0.29, 0.717) is 17.9 Å². The average molecular weight is 394 g/mol. The number of halogens is 3. The van der Waals surface area contributed by atoms with Gasteiger partial charge in [-0.1, -0.05) is 87.5 Å². The Morgan fingerprint density at radius 3 is 2.10 bits per heavy atom. The molecular weight excluding hydrogens is 369 g/mol. The quantitative estimate of drug-likeness (QED) is 0.411. The molecule has 3 aromatic carbocycles. The summed E-state index contributed by atoms with van der Waals surface area (Å²) in [6, 6.07) is 22.6. The summed E-state index contributed by atoms with van der Waals surface area (Å²) in [5.41, 5.74) is 4.79. The highest BCUT2D eigenvalue weighted by Crippen LogP contribution is 2.35. The maximum absolute atomic E-state index is 13.2. The minimum Gasteiger partial charge on any atom is -0.166 e. The molecule has 0 unspecified atom stereocenters. The van der Waals surface area contributed by atoms with Crippen molar-refractivity contribution >= 4 is 5.57 Å². The van der Waals surface area contributed by atoms with Crippen LogP contribution < -0.4 is 0 Å². The lowest BCUT2D eigenvalue weighted by molar-refractivity contribution is -0.138. The molecule has 3 heteroatoms. The normalized spacial score (nSPS) is 12.4. The third kappa shape index (κ3) is 4.97. The second kappa shape index (κ2) is 8.69. The largest absolute Gasteiger partial charge is 0.416 e. The standard InChI is InChI=1S/C26H25F3/c1-4-19-16-22(13-14-25(19)26(27,28)29)21-11-8-12-23(17-21)24(15-18(2)3)20-9-6-5-7-10-20/h5-18H,4H2,1-3H3/b24-15+. The Labute approximate surface area is 170 Å². The minimum atomic E-state index is -4.33. The van der Waals surface area contributed by atoms with Crippen LogP contribution in [0.25, 0.3) is 16.7 Å². The van der Waals surface area contributed by atoms with Crippen LogP contribution in [0.5, 0.6) is 0 Å². The van der Waals surface area contributed by atoms with E-state index in [0.717, 1.165) is 27.8 Å². The summed E-state index contributed by atoms with van der Waals surface area (Å²) in [4.78, 5) is 0. The second-order valence-electron chi connectivity index (χ2n) is 7.49. The molecule has 0 nitrogen and oxygen atoms in total. The van der Waals surface area contributed by atoms with Crippen LogP contribution in [-0.4, -0.2) is 0 Å². The van der Waals surface area contributed by atoms with Gasteiger partial charge in [0, 0.05) is 0 Å². The molecule has 0 aliphatic carbocycles. The van der Waals surface area contributed by atoms with Crippen molar-refractivity contribution in [3.63, 3.8) is 0 Å². The summed E-state index contributed by atoms with van der Waals surface area (Å²) >= 11 is 0. The van der Waals surface area contributed by atoms with E-state index in [4.69, 9.17) is 0 Å². The Morgan fingerprint density at radius 2 is 1.48 bits per heavy atom. The maximum atomic E-state index is 13.2. The molecule has 0 heterocycles. The van der Waals surface area contributed by atoms with Gasteiger partial charge in [0.05, 0.1) is 5.56 Å². The Hall–Kier alpha value is -2.81. The molecule has 0 aliphatic heterocycles. The fourth-order valence-corrected chi connectivity index (χ4v) is 3.52. The molecular formula is C26H25F3. The van der Waals surface area contributed by atoms with Gasteiger partial charge >= 0.3 is 6.18 Å². The van der Waals surface area contributed by atoms with Gasteiger partial charge in [-0.3, -0.25) is 0 Å². The van der Waals surface area contributed by atoms with Crippen molar-refractivity contribution in [3.8, 4) is 11.1 Å². The van der Waals surface area contributed by atoms with E-state index >= 15 is 0 Å². The summed E-state index contributed by atoms with van der Waals surface area (Å²) in [5.74, 6) is 0.367. The van der Waals surface area contributed by atoms with E-state index in [-0.39, 0.29) is 0 Å². The van der Waals surface area contributed by atoms with Crippen molar-refractivity contribution in [2.45, 2.75) is 33.4 Å². The summed E-state index contributed by atoms with van der Waals surface area (Å²) in [6.45, 7) is 6.02. The zero-order valence-corrected chi connectivity index (χ0v) is 16.9. The van der Waals surface area contributed by atoms with Gasteiger partial charge in [-0.05, 0) is 57.9 Å². The van der Waals surface area contributed by atoms with Crippen LogP contribution in [0, 0.1) is 5.92 Å². The highest BCUT2D eigenvalue weighted by Gasteiger charge is 2.32. The predicted octanol–water partition coefficient (Wildman–Crippen LogP) is 8.02. The molecule has 29 heavy (non-hydrogen) atoms. The first-order valence-corrected chi connectivity index (χ1v) is 9.87. The molecule has 0 amide bonds. The summed E-state index contributed by atoms with van der Waals surface area (Å²) < 4.78 is 39.7. The van der Waals surface area contributed by atoms with Gasteiger partial charge < -0.3 is 0 Å². The van der Waals surface area contributed by atoms with Gasteiger partial charge in [-0.25, -0.2) is 0 Å². The molecule has 0 spiro atoms. The fourth-order valence-electron chi connectivity index (χ4n) is 3.52. The molecule has 3 rings (SSSR count).